The molecule has 0 saturated heterocycles. The van der Waals surface area contributed by atoms with Crippen molar-refractivity contribution in [3.8, 4) is 27.0 Å². The van der Waals surface area contributed by atoms with Crippen molar-refractivity contribution >= 4 is 28.4 Å². The van der Waals surface area contributed by atoms with Gasteiger partial charge >= 0.3 is 0 Å². The molecule has 3 rings (SSSR count). The van der Waals surface area contributed by atoms with E-state index in [1.165, 1.54) is 23.5 Å². The lowest BCUT2D eigenvalue weighted by Crippen LogP contribution is -1.89. The maximum absolute atomic E-state index is 13.6. The summed E-state index contributed by atoms with van der Waals surface area (Å²) in [6.07, 6.45) is 0. The molecule has 0 saturated carbocycles. The van der Waals surface area contributed by atoms with E-state index in [0.717, 1.165) is 26.4 Å². The second-order valence-electron chi connectivity index (χ2n) is 4.60. The van der Waals surface area contributed by atoms with E-state index in [4.69, 9.17) is 5.73 Å². The molecule has 0 spiro atoms. The Kier molecular flexibility index (Phi) is 3.50. The van der Waals surface area contributed by atoms with E-state index in [1.54, 1.807) is 17.4 Å². The quantitative estimate of drug-likeness (QED) is 0.720. The molecule has 0 radical (unpaired) electrons. The molecule has 0 unspecified atom stereocenters. The van der Waals surface area contributed by atoms with Crippen molar-refractivity contribution in [2.75, 3.05) is 5.73 Å². The fraction of sp³-hybridized carbons (Fsp3) is 0.0625. The summed E-state index contributed by atoms with van der Waals surface area (Å²) in [5.74, 6) is -0.293. The van der Waals surface area contributed by atoms with Gasteiger partial charge in [0.15, 0.2) is 0 Å². The smallest absolute Gasteiger partial charge is 0.129 e. The fourth-order valence-electron chi connectivity index (χ4n) is 2.22. The molecule has 1 aromatic carbocycles. The predicted molar refractivity (Wildman–Crippen MR) is 86.9 cm³/mol. The molecular formula is C16H11FN2S2. The average molecular weight is 314 g/mol. The van der Waals surface area contributed by atoms with E-state index in [1.807, 2.05) is 24.4 Å². The number of nitriles is 1. The maximum Gasteiger partial charge on any atom is 0.129 e. The molecule has 5 heteroatoms. The molecule has 3 aromatic rings. The molecule has 2 aromatic heterocycles. The van der Waals surface area contributed by atoms with Crippen LogP contribution in [0, 0.1) is 24.1 Å². The number of nitrogens with zero attached hydrogens (tertiary/aromatic N) is 1. The maximum atomic E-state index is 13.6. The summed E-state index contributed by atoms with van der Waals surface area (Å²) < 4.78 is 13.6. The Hall–Kier alpha value is -2.16. The van der Waals surface area contributed by atoms with Gasteiger partial charge in [0.05, 0.1) is 5.69 Å². The van der Waals surface area contributed by atoms with Crippen molar-refractivity contribution in [2.24, 2.45) is 0 Å². The number of nitrogens with two attached hydrogens (primary N) is 1. The first kappa shape index (κ1) is 13.8. The van der Waals surface area contributed by atoms with Gasteiger partial charge in [0.1, 0.15) is 16.8 Å². The highest BCUT2D eigenvalue weighted by Gasteiger charge is 2.20. The minimum absolute atomic E-state index is 0.293. The first-order valence-corrected chi connectivity index (χ1v) is 7.94. The van der Waals surface area contributed by atoms with Crippen LogP contribution >= 0.6 is 22.7 Å². The number of nitrogen functional groups attached to an aromatic ring is 1. The molecule has 104 valence electrons. The zero-order chi connectivity index (χ0) is 15.0. The largest absolute Gasteiger partial charge is 0.396 e. The molecule has 0 aliphatic carbocycles. The van der Waals surface area contributed by atoms with E-state index in [2.05, 4.69) is 6.07 Å². The first-order valence-electron chi connectivity index (χ1n) is 6.24. The number of aryl methyl sites for hydroxylation is 1. The summed E-state index contributed by atoms with van der Waals surface area (Å²) in [7, 11) is 0. The van der Waals surface area contributed by atoms with Crippen molar-refractivity contribution in [1.29, 1.82) is 5.26 Å². The minimum Gasteiger partial charge on any atom is -0.396 e. The highest BCUT2D eigenvalue weighted by atomic mass is 32.1. The van der Waals surface area contributed by atoms with Gasteiger partial charge in [-0.15, -0.1) is 22.7 Å². The van der Waals surface area contributed by atoms with Crippen LogP contribution in [0.15, 0.2) is 35.7 Å². The summed E-state index contributed by atoms with van der Waals surface area (Å²) in [5, 5.41) is 11.2. The Balaban J connectivity index is 2.33. The lowest BCUT2D eigenvalue weighted by Gasteiger charge is -2.07. The van der Waals surface area contributed by atoms with E-state index in [0.29, 0.717) is 10.6 Å². The summed E-state index contributed by atoms with van der Waals surface area (Å²) in [6, 6.07) is 10.7. The van der Waals surface area contributed by atoms with Crippen LogP contribution in [0.2, 0.25) is 0 Å². The van der Waals surface area contributed by atoms with Gasteiger partial charge in [-0.3, -0.25) is 0 Å². The average Bonchev–Trinajstić information content (AvgIpc) is 3.08. The molecule has 0 aliphatic heterocycles. The molecule has 0 aliphatic rings. The van der Waals surface area contributed by atoms with Crippen molar-refractivity contribution in [1.82, 2.24) is 0 Å². The summed E-state index contributed by atoms with van der Waals surface area (Å²) >= 11 is 2.87. The lowest BCUT2D eigenvalue weighted by molar-refractivity contribution is 0.628. The minimum atomic E-state index is -0.293. The third-order valence-electron chi connectivity index (χ3n) is 3.26. The van der Waals surface area contributed by atoms with Crippen LogP contribution in [-0.2, 0) is 0 Å². The molecule has 2 nitrogen and oxygen atoms in total. The highest BCUT2D eigenvalue weighted by Crippen LogP contribution is 2.47. The van der Waals surface area contributed by atoms with Crippen LogP contribution in [0.1, 0.15) is 10.4 Å². The van der Waals surface area contributed by atoms with Crippen LogP contribution in [-0.4, -0.2) is 0 Å². The van der Waals surface area contributed by atoms with Crippen LogP contribution in [0.4, 0.5) is 10.1 Å². The Morgan fingerprint density at radius 3 is 2.76 bits per heavy atom. The predicted octanol–water partition coefficient (Wildman–Crippen LogP) is 5.05. The Morgan fingerprint density at radius 2 is 2.10 bits per heavy atom. The van der Waals surface area contributed by atoms with Crippen LogP contribution in [0.3, 0.4) is 0 Å². The Labute approximate surface area is 129 Å². The summed E-state index contributed by atoms with van der Waals surface area (Å²) in [5.41, 5.74) is 9.19. The van der Waals surface area contributed by atoms with Gasteiger partial charge in [0.2, 0.25) is 0 Å². The Morgan fingerprint density at radius 1 is 1.29 bits per heavy atom. The fourth-order valence-corrected chi connectivity index (χ4v) is 4.19. The van der Waals surface area contributed by atoms with E-state index < -0.39 is 0 Å². The van der Waals surface area contributed by atoms with E-state index >= 15 is 0 Å². The van der Waals surface area contributed by atoms with Gasteiger partial charge in [-0.1, -0.05) is 12.1 Å². The van der Waals surface area contributed by atoms with E-state index in [9.17, 15) is 9.65 Å². The van der Waals surface area contributed by atoms with E-state index in [-0.39, 0.29) is 5.82 Å². The van der Waals surface area contributed by atoms with Crippen molar-refractivity contribution in [2.45, 2.75) is 6.92 Å². The first-order chi connectivity index (χ1) is 10.1. The summed E-state index contributed by atoms with van der Waals surface area (Å²) in [6.45, 7) is 1.93. The van der Waals surface area contributed by atoms with Crippen LogP contribution in [0.5, 0.6) is 0 Å². The van der Waals surface area contributed by atoms with Gasteiger partial charge in [0, 0.05) is 15.3 Å². The van der Waals surface area contributed by atoms with Gasteiger partial charge in [0.25, 0.3) is 0 Å². The Bertz CT molecular complexity index is 842. The van der Waals surface area contributed by atoms with Crippen molar-refractivity contribution in [3.63, 3.8) is 0 Å². The van der Waals surface area contributed by atoms with Gasteiger partial charge in [-0.2, -0.15) is 5.26 Å². The number of hydrogen-bond acceptors (Lipinski definition) is 4. The summed E-state index contributed by atoms with van der Waals surface area (Å²) in [4.78, 5) is 2.31. The number of rotatable bonds is 2. The van der Waals surface area contributed by atoms with Gasteiger partial charge < -0.3 is 5.73 Å². The molecule has 0 atom stereocenters. The SMILES string of the molecule is Cc1ccc(F)cc1-c1sc(C#N)c(N)c1-c1cccs1. The van der Waals surface area contributed by atoms with Crippen molar-refractivity contribution in [3.05, 3.63) is 52.0 Å². The lowest BCUT2D eigenvalue weighted by atomic mass is 10.0. The van der Waals surface area contributed by atoms with Crippen molar-refractivity contribution < 1.29 is 4.39 Å². The second kappa shape index (κ2) is 5.32. The molecule has 0 fully saturated rings. The normalized spacial score (nSPS) is 10.5. The highest BCUT2D eigenvalue weighted by molar-refractivity contribution is 7.19. The molecule has 21 heavy (non-hydrogen) atoms. The second-order valence-corrected chi connectivity index (χ2v) is 6.57. The number of thiophene rings is 2. The third kappa shape index (κ3) is 2.33. The van der Waals surface area contributed by atoms with Gasteiger partial charge in [-0.25, -0.2) is 4.39 Å². The standard InChI is InChI=1S/C16H11FN2S2/c1-9-4-5-10(17)7-11(9)16-14(12-3-2-6-20-12)15(19)13(8-18)21-16/h2-7H,19H2,1H3. The third-order valence-corrected chi connectivity index (χ3v) is 5.29. The number of hydrogen-bond donors (Lipinski definition) is 1. The zero-order valence-corrected chi connectivity index (χ0v) is 12.8. The number of anilines is 1. The monoisotopic (exact) mass is 314 g/mol. The molecular weight excluding hydrogens is 303 g/mol. The number of halogens is 1. The molecule has 0 amide bonds. The van der Waals surface area contributed by atoms with Crippen LogP contribution < -0.4 is 5.73 Å². The molecule has 0 bridgehead atoms. The topological polar surface area (TPSA) is 49.8 Å². The molecule has 2 heterocycles. The number of benzene rings is 1. The molecule has 2 N–H and O–H groups in total. The van der Waals surface area contributed by atoms with Crippen LogP contribution in [0.25, 0.3) is 20.9 Å². The van der Waals surface area contributed by atoms with Gasteiger partial charge in [-0.05, 0) is 41.6 Å². The zero-order valence-electron chi connectivity index (χ0n) is 11.2.